The second-order valence-corrected chi connectivity index (χ2v) is 8.48. The molecule has 2 N–H and O–H groups in total. The lowest BCUT2D eigenvalue weighted by Crippen LogP contribution is -2.12. The Bertz CT molecular complexity index is 842. The van der Waals surface area contributed by atoms with Crippen LogP contribution in [0.1, 0.15) is 62.7 Å². The number of primary sulfonamides is 1. The summed E-state index contributed by atoms with van der Waals surface area (Å²) in [5.41, 5.74) is 0.704. The molecule has 0 amide bonds. The molecule has 124 valence electrons. The third-order valence-corrected chi connectivity index (χ3v) is 5.37. The molecule has 23 heavy (non-hydrogen) atoms. The van der Waals surface area contributed by atoms with Gasteiger partial charge in [0.05, 0.1) is 5.92 Å². The van der Waals surface area contributed by atoms with Crippen LogP contribution in [-0.4, -0.2) is 23.5 Å². The number of nitrogens with two attached hydrogens (primary N) is 1. The SMILES string of the molecule is CC(C)c1noc(C2C(c3cncc(S(N)(=O)=O)c3)C2(C)C)n1. The van der Waals surface area contributed by atoms with Crippen LogP contribution in [0.2, 0.25) is 0 Å². The zero-order valence-electron chi connectivity index (χ0n) is 13.5. The molecule has 1 saturated carbocycles. The quantitative estimate of drug-likeness (QED) is 0.915. The van der Waals surface area contributed by atoms with Gasteiger partial charge in [0, 0.05) is 24.2 Å². The van der Waals surface area contributed by atoms with E-state index in [1.165, 1.54) is 6.20 Å². The normalized spacial score (nSPS) is 23.2. The zero-order valence-corrected chi connectivity index (χ0v) is 14.3. The summed E-state index contributed by atoms with van der Waals surface area (Å²) < 4.78 is 28.4. The van der Waals surface area contributed by atoms with E-state index in [-0.39, 0.29) is 28.1 Å². The smallest absolute Gasteiger partial charge is 0.239 e. The van der Waals surface area contributed by atoms with E-state index in [2.05, 4.69) is 29.0 Å². The molecule has 0 aromatic carbocycles. The first-order chi connectivity index (χ1) is 10.6. The fourth-order valence-electron chi connectivity index (χ4n) is 3.09. The van der Waals surface area contributed by atoms with E-state index in [0.29, 0.717) is 11.7 Å². The van der Waals surface area contributed by atoms with Crippen molar-refractivity contribution in [1.82, 2.24) is 15.1 Å². The maximum Gasteiger partial charge on any atom is 0.239 e. The van der Waals surface area contributed by atoms with Gasteiger partial charge in [0.15, 0.2) is 5.82 Å². The third-order valence-electron chi connectivity index (χ3n) is 4.49. The number of hydrogen-bond acceptors (Lipinski definition) is 6. The molecular weight excluding hydrogens is 316 g/mol. The molecule has 0 radical (unpaired) electrons. The van der Waals surface area contributed by atoms with Crippen molar-refractivity contribution in [3.8, 4) is 0 Å². The Labute approximate surface area is 135 Å². The van der Waals surface area contributed by atoms with Crippen LogP contribution in [0.15, 0.2) is 27.9 Å². The molecule has 0 aliphatic heterocycles. The molecule has 7 nitrogen and oxygen atoms in total. The van der Waals surface area contributed by atoms with Gasteiger partial charge in [-0.1, -0.05) is 32.9 Å². The van der Waals surface area contributed by atoms with Crippen molar-refractivity contribution < 1.29 is 12.9 Å². The first kappa shape index (κ1) is 16.1. The lowest BCUT2D eigenvalue weighted by Gasteiger charge is -2.04. The van der Waals surface area contributed by atoms with Gasteiger partial charge < -0.3 is 4.52 Å². The van der Waals surface area contributed by atoms with E-state index >= 15 is 0 Å². The summed E-state index contributed by atoms with van der Waals surface area (Å²) in [5, 5.41) is 9.20. The highest BCUT2D eigenvalue weighted by Crippen LogP contribution is 2.69. The molecule has 2 aromatic rings. The van der Waals surface area contributed by atoms with Crippen molar-refractivity contribution in [1.29, 1.82) is 0 Å². The monoisotopic (exact) mass is 336 g/mol. The molecule has 2 heterocycles. The molecule has 0 spiro atoms. The van der Waals surface area contributed by atoms with Crippen LogP contribution in [0.4, 0.5) is 0 Å². The summed E-state index contributed by atoms with van der Waals surface area (Å²) in [5.74, 6) is 1.57. The molecule has 2 aromatic heterocycles. The minimum Gasteiger partial charge on any atom is -0.339 e. The Morgan fingerprint density at radius 2 is 1.96 bits per heavy atom. The molecule has 8 heteroatoms. The fraction of sp³-hybridized carbons (Fsp3) is 0.533. The summed E-state index contributed by atoms with van der Waals surface area (Å²) >= 11 is 0. The van der Waals surface area contributed by atoms with Gasteiger partial charge >= 0.3 is 0 Å². The molecule has 0 bridgehead atoms. The third kappa shape index (κ3) is 2.76. The number of nitrogens with zero attached hydrogens (tertiary/aromatic N) is 3. The number of aromatic nitrogens is 3. The lowest BCUT2D eigenvalue weighted by molar-refractivity contribution is 0.361. The highest BCUT2D eigenvalue weighted by molar-refractivity contribution is 7.89. The summed E-state index contributed by atoms with van der Waals surface area (Å²) in [7, 11) is -3.77. The number of hydrogen-bond donors (Lipinski definition) is 1. The highest BCUT2D eigenvalue weighted by atomic mass is 32.2. The van der Waals surface area contributed by atoms with Gasteiger partial charge in [0.1, 0.15) is 4.90 Å². The van der Waals surface area contributed by atoms with Crippen LogP contribution in [0.3, 0.4) is 0 Å². The highest BCUT2D eigenvalue weighted by Gasteiger charge is 2.62. The molecule has 3 rings (SSSR count). The van der Waals surface area contributed by atoms with Crippen LogP contribution < -0.4 is 5.14 Å². The summed E-state index contributed by atoms with van der Waals surface area (Å²) in [6, 6.07) is 1.58. The predicted molar refractivity (Wildman–Crippen MR) is 83.3 cm³/mol. The van der Waals surface area contributed by atoms with Gasteiger partial charge in [-0.3, -0.25) is 4.98 Å². The molecular formula is C15H20N4O3S. The summed E-state index contributed by atoms with van der Waals surface area (Å²) in [6.07, 6.45) is 2.92. The van der Waals surface area contributed by atoms with E-state index < -0.39 is 10.0 Å². The average Bonchev–Trinajstić information content (AvgIpc) is 2.84. The van der Waals surface area contributed by atoms with Crippen LogP contribution in [0.25, 0.3) is 0 Å². The van der Waals surface area contributed by atoms with E-state index in [1.807, 2.05) is 13.8 Å². The number of rotatable bonds is 4. The Morgan fingerprint density at radius 1 is 1.26 bits per heavy atom. The maximum absolute atomic E-state index is 11.5. The van der Waals surface area contributed by atoms with E-state index in [0.717, 1.165) is 5.56 Å². The largest absolute Gasteiger partial charge is 0.339 e. The van der Waals surface area contributed by atoms with Crippen molar-refractivity contribution >= 4 is 10.0 Å². The second kappa shape index (κ2) is 5.10. The van der Waals surface area contributed by atoms with Crippen LogP contribution in [0, 0.1) is 5.41 Å². The van der Waals surface area contributed by atoms with Gasteiger partial charge in [-0.15, -0.1) is 0 Å². The maximum atomic E-state index is 11.5. The molecule has 0 saturated heterocycles. The molecule has 1 fully saturated rings. The number of pyridine rings is 1. The van der Waals surface area contributed by atoms with E-state index in [9.17, 15) is 8.42 Å². The standard InChI is InChI=1S/C15H20N4O3S/c1-8(2)13-18-14(22-19-13)12-11(15(12,3)4)9-5-10(7-17-6-9)23(16,20)21/h5-8,11-12H,1-4H3,(H2,16,20,21). The minimum absolute atomic E-state index is 0.0184. The fourth-order valence-corrected chi connectivity index (χ4v) is 3.60. The Kier molecular flexibility index (Phi) is 3.57. The van der Waals surface area contributed by atoms with Crippen LogP contribution in [0.5, 0.6) is 0 Å². The van der Waals surface area contributed by atoms with Gasteiger partial charge in [0.25, 0.3) is 0 Å². The molecule has 2 atom stereocenters. The molecule has 1 aliphatic carbocycles. The van der Waals surface area contributed by atoms with Crippen LogP contribution in [-0.2, 0) is 10.0 Å². The summed E-state index contributed by atoms with van der Waals surface area (Å²) in [4.78, 5) is 8.51. The van der Waals surface area contributed by atoms with Crippen LogP contribution >= 0.6 is 0 Å². The van der Waals surface area contributed by atoms with Crippen molar-refractivity contribution in [3.05, 3.63) is 35.7 Å². The first-order valence-corrected chi connectivity index (χ1v) is 8.98. The first-order valence-electron chi connectivity index (χ1n) is 7.43. The summed E-state index contributed by atoms with van der Waals surface area (Å²) in [6.45, 7) is 8.18. The Morgan fingerprint density at radius 3 is 2.52 bits per heavy atom. The van der Waals surface area contributed by atoms with Crippen molar-refractivity contribution in [2.75, 3.05) is 0 Å². The second-order valence-electron chi connectivity index (χ2n) is 6.92. The molecule has 1 aliphatic rings. The van der Waals surface area contributed by atoms with Crippen molar-refractivity contribution in [2.45, 2.75) is 50.3 Å². The topological polar surface area (TPSA) is 112 Å². The Balaban J connectivity index is 1.95. The van der Waals surface area contributed by atoms with E-state index in [4.69, 9.17) is 9.66 Å². The van der Waals surface area contributed by atoms with Gasteiger partial charge in [0.2, 0.25) is 15.9 Å². The Hall–Kier alpha value is -1.80. The zero-order chi connectivity index (χ0) is 17.0. The van der Waals surface area contributed by atoms with Crippen molar-refractivity contribution in [3.63, 3.8) is 0 Å². The minimum atomic E-state index is -3.77. The van der Waals surface area contributed by atoms with Gasteiger partial charge in [-0.2, -0.15) is 4.98 Å². The number of sulfonamides is 1. The van der Waals surface area contributed by atoms with Gasteiger partial charge in [-0.25, -0.2) is 13.6 Å². The molecule has 2 unspecified atom stereocenters. The lowest BCUT2D eigenvalue weighted by atomic mass is 10.1. The average molecular weight is 336 g/mol. The van der Waals surface area contributed by atoms with Crippen molar-refractivity contribution in [2.24, 2.45) is 10.6 Å². The van der Waals surface area contributed by atoms with Gasteiger partial charge in [-0.05, 0) is 17.0 Å². The van der Waals surface area contributed by atoms with E-state index in [1.54, 1.807) is 12.3 Å². The predicted octanol–water partition coefficient (Wildman–Crippen LogP) is 2.14.